The van der Waals surface area contributed by atoms with Crippen LogP contribution in [0.5, 0.6) is 0 Å². The van der Waals surface area contributed by atoms with Gasteiger partial charge in [-0.3, -0.25) is 4.79 Å². The van der Waals surface area contributed by atoms with Crippen LogP contribution in [-0.2, 0) is 0 Å². The first-order valence-corrected chi connectivity index (χ1v) is 10.7. The van der Waals surface area contributed by atoms with Crippen molar-refractivity contribution in [3.63, 3.8) is 0 Å². The van der Waals surface area contributed by atoms with Gasteiger partial charge in [-0.15, -0.1) is 0 Å². The van der Waals surface area contributed by atoms with Gasteiger partial charge in [0.25, 0.3) is 5.91 Å². The predicted molar refractivity (Wildman–Crippen MR) is 121 cm³/mol. The number of nitrogens with one attached hydrogen (secondary N) is 1. The number of hydrogen-bond donors (Lipinski definition) is 1. The van der Waals surface area contributed by atoms with Crippen LogP contribution in [0, 0.1) is 19.7 Å². The summed E-state index contributed by atoms with van der Waals surface area (Å²) in [5, 5.41) is 7.53. The number of benzene rings is 2. The van der Waals surface area contributed by atoms with Gasteiger partial charge in [0.05, 0.1) is 17.1 Å². The predicted octanol–water partition coefficient (Wildman–Crippen LogP) is 4.01. The molecule has 166 valence electrons. The largest absolute Gasteiger partial charge is 0.337 e. The van der Waals surface area contributed by atoms with Crippen LogP contribution in [0.3, 0.4) is 0 Å². The monoisotopic (exact) mass is 435 g/mol. The van der Waals surface area contributed by atoms with E-state index >= 15 is 0 Å². The number of halogens is 1. The van der Waals surface area contributed by atoms with Crippen molar-refractivity contribution in [3.05, 3.63) is 77.4 Å². The first-order valence-electron chi connectivity index (χ1n) is 10.7. The Balaban J connectivity index is 1.44. The van der Waals surface area contributed by atoms with Crippen molar-refractivity contribution in [3.8, 4) is 5.69 Å². The molecule has 7 nitrogen and oxygen atoms in total. The standard InChI is InChI=1S/C24H26FN5O2/c1-17-16-18(2)30(27-17)22-7-4-3-6-21(22)26-24(32)29-13-5-12-28(14-15-29)23(31)19-8-10-20(25)11-9-19/h3-4,6-11,16H,5,12-15H2,1-2H3,(H,26,32). The number of amides is 3. The minimum absolute atomic E-state index is 0.151. The van der Waals surface area contributed by atoms with Crippen LogP contribution in [0.2, 0.25) is 0 Å². The summed E-state index contributed by atoms with van der Waals surface area (Å²) in [4.78, 5) is 29.2. The lowest BCUT2D eigenvalue weighted by atomic mass is 10.2. The van der Waals surface area contributed by atoms with E-state index in [1.165, 1.54) is 24.3 Å². The third-order valence-electron chi connectivity index (χ3n) is 5.54. The Morgan fingerprint density at radius 2 is 1.62 bits per heavy atom. The van der Waals surface area contributed by atoms with Crippen LogP contribution in [0.1, 0.15) is 28.2 Å². The molecule has 0 spiro atoms. The number of anilines is 1. The van der Waals surface area contributed by atoms with Gasteiger partial charge in [-0.05, 0) is 62.7 Å². The minimum atomic E-state index is -0.374. The molecular formula is C24H26FN5O2. The zero-order chi connectivity index (χ0) is 22.7. The molecule has 3 amide bonds. The second kappa shape index (κ2) is 9.21. The van der Waals surface area contributed by atoms with Gasteiger partial charge < -0.3 is 15.1 Å². The average Bonchev–Trinajstić information content (AvgIpc) is 2.97. The van der Waals surface area contributed by atoms with Gasteiger partial charge in [-0.2, -0.15) is 5.10 Å². The van der Waals surface area contributed by atoms with E-state index in [2.05, 4.69) is 10.4 Å². The molecule has 1 N–H and O–H groups in total. The Bertz CT molecular complexity index is 1130. The molecule has 1 fully saturated rings. The first-order chi connectivity index (χ1) is 15.4. The average molecular weight is 436 g/mol. The number of para-hydroxylation sites is 2. The van der Waals surface area contributed by atoms with Crippen molar-refractivity contribution in [1.82, 2.24) is 19.6 Å². The van der Waals surface area contributed by atoms with Crippen molar-refractivity contribution < 1.29 is 14.0 Å². The minimum Gasteiger partial charge on any atom is -0.337 e. The van der Waals surface area contributed by atoms with E-state index in [1.807, 2.05) is 48.9 Å². The summed E-state index contributed by atoms with van der Waals surface area (Å²) in [5.74, 6) is -0.525. The molecule has 1 saturated heterocycles. The van der Waals surface area contributed by atoms with Crippen LogP contribution in [-0.4, -0.2) is 57.7 Å². The Morgan fingerprint density at radius 3 is 2.34 bits per heavy atom. The van der Waals surface area contributed by atoms with E-state index in [1.54, 1.807) is 9.80 Å². The van der Waals surface area contributed by atoms with Gasteiger partial charge in [0, 0.05) is 37.4 Å². The van der Waals surface area contributed by atoms with E-state index in [0.29, 0.717) is 43.9 Å². The SMILES string of the molecule is Cc1cc(C)n(-c2ccccc2NC(=O)N2CCCN(C(=O)c3ccc(F)cc3)CC2)n1. The quantitative estimate of drug-likeness (QED) is 0.676. The number of hydrogen-bond acceptors (Lipinski definition) is 3. The molecule has 8 heteroatoms. The Kier molecular flexibility index (Phi) is 6.20. The Hall–Kier alpha value is -3.68. The third-order valence-corrected chi connectivity index (χ3v) is 5.54. The number of aromatic nitrogens is 2. The highest BCUT2D eigenvalue weighted by Gasteiger charge is 2.23. The van der Waals surface area contributed by atoms with Gasteiger partial charge in [0.15, 0.2) is 0 Å². The van der Waals surface area contributed by atoms with E-state index in [-0.39, 0.29) is 17.8 Å². The fourth-order valence-electron chi connectivity index (χ4n) is 3.93. The highest BCUT2D eigenvalue weighted by atomic mass is 19.1. The summed E-state index contributed by atoms with van der Waals surface area (Å²) in [7, 11) is 0. The summed E-state index contributed by atoms with van der Waals surface area (Å²) in [6.45, 7) is 5.83. The summed E-state index contributed by atoms with van der Waals surface area (Å²) >= 11 is 0. The maximum Gasteiger partial charge on any atom is 0.321 e. The Morgan fingerprint density at radius 1 is 0.938 bits per heavy atom. The second-order valence-corrected chi connectivity index (χ2v) is 7.93. The zero-order valence-corrected chi connectivity index (χ0v) is 18.2. The molecule has 3 aromatic rings. The number of rotatable bonds is 3. The molecule has 4 rings (SSSR count). The lowest BCUT2D eigenvalue weighted by Crippen LogP contribution is -2.39. The van der Waals surface area contributed by atoms with Crippen LogP contribution in [0.4, 0.5) is 14.9 Å². The highest BCUT2D eigenvalue weighted by Crippen LogP contribution is 2.22. The number of carbonyl (C=O) groups is 2. The topological polar surface area (TPSA) is 70.5 Å². The molecular weight excluding hydrogens is 409 g/mol. The summed E-state index contributed by atoms with van der Waals surface area (Å²) in [6.07, 6.45) is 0.666. The summed E-state index contributed by atoms with van der Waals surface area (Å²) < 4.78 is 15.0. The maximum atomic E-state index is 13.2. The lowest BCUT2D eigenvalue weighted by Gasteiger charge is -2.23. The molecule has 32 heavy (non-hydrogen) atoms. The van der Waals surface area contributed by atoms with Crippen molar-refractivity contribution in [1.29, 1.82) is 0 Å². The highest BCUT2D eigenvalue weighted by molar-refractivity contribution is 5.94. The maximum absolute atomic E-state index is 13.2. The number of nitrogens with zero attached hydrogens (tertiary/aromatic N) is 4. The van der Waals surface area contributed by atoms with E-state index in [0.717, 1.165) is 17.1 Å². The molecule has 0 unspecified atom stereocenters. The van der Waals surface area contributed by atoms with E-state index in [4.69, 9.17) is 0 Å². The molecule has 1 aromatic heterocycles. The second-order valence-electron chi connectivity index (χ2n) is 7.93. The number of carbonyl (C=O) groups excluding carboxylic acids is 2. The van der Waals surface area contributed by atoms with Gasteiger partial charge >= 0.3 is 6.03 Å². The molecule has 0 aliphatic carbocycles. The number of aryl methyl sites for hydroxylation is 2. The van der Waals surface area contributed by atoms with E-state index in [9.17, 15) is 14.0 Å². The molecule has 0 bridgehead atoms. The molecule has 1 aliphatic rings. The van der Waals surface area contributed by atoms with E-state index < -0.39 is 0 Å². The van der Waals surface area contributed by atoms with Crippen molar-refractivity contribution >= 4 is 17.6 Å². The molecule has 2 heterocycles. The van der Waals surface area contributed by atoms with Gasteiger partial charge in [-0.1, -0.05) is 12.1 Å². The lowest BCUT2D eigenvalue weighted by molar-refractivity contribution is 0.0762. The van der Waals surface area contributed by atoms with Crippen molar-refractivity contribution in [2.75, 3.05) is 31.5 Å². The zero-order valence-electron chi connectivity index (χ0n) is 18.2. The molecule has 0 saturated carbocycles. The fourth-order valence-corrected chi connectivity index (χ4v) is 3.93. The first kappa shape index (κ1) is 21.5. The number of urea groups is 1. The van der Waals surface area contributed by atoms with Crippen molar-refractivity contribution in [2.24, 2.45) is 0 Å². The van der Waals surface area contributed by atoms with Crippen LogP contribution < -0.4 is 5.32 Å². The van der Waals surface area contributed by atoms with Crippen LogP contribution in [0.25, 0.3) is 5.69 Å². The summed E-state index contributed by atoms with van der Waals surface area (Å²) in [6, 6.07) is 14.9. The third kappa shape index (κ3) is 4.64. The smallest absolute Gasteiger partial charge is 0.321 e. The Labute approximate surface area is 186 Å². The summed E-state index contributed by atoms with van der Waals surface area (Å²) in [5.41, 5.74) is 3.81. The van der Waals surface area contributed by atoms with Gasteiger partial charge in [0.1, 0.15) is 5.82 Å². The van der Waals surface area contributed by atoms with Crippen LogP contribution >= 0.6 is 0 Å². The normalized spacial score (nSPS) is 14.2. The molecule has 0 atom stereocenters. The van der Waals surface area contributed by atoms with Crippen LogP contribution in [0.15, 0.2) is 54.6 Å². The molecule has 1 aliphatic heterocycles. The van der Waals surface area contributed by atoms with Gasteiger partial charge in [-0.25, -0.2) is 13.9 Å². The molecule has 2 aromatic carbocycles. The fraction of sp³-hybridized carbons (Fsp3) is 0.292. The van der Waals surface area contributed by atoms with Gasteiger partial charge in [0.2, 0.25) is 0 Å². The van der Waals surface area contributed by atoms with Crippen molar-refractivity contribution in [2.45, 2.75) is 20.3 Å². The molecule has 0 radical (unpaired) electrons.